The van der Waals surface area contributed by atoms with Crippen molar-refractivity contribution >= 4 is 0 Å². The van der Waals surface area contributed by atoms with Crippen molar-refractivity contribution in [1.82, 2.24) is 0 Å². The van der Waals surface area contributed by atoms with Gasteiger partial charge in [-0.25, -0.2) is 0 Å². The van der Waals surface area contributed by atoms with Gasteiger partial charge in [-0.2, -0.15) is 0 Å². The zero-order valence-corrected chi connectivity index (χ0v) is 5.05. The van der Waals surface area contributed by atoms with Crippen LogP contribution in [0.4, 0.5) is 0 Å². The standard InChI is InChI=1S/CH4O4.2H2O.Pd/c2-1(3,4)5;;;/h2-5H;2*1H2;/q;;;+2/p-2. The first kappa shape index (κ1) is 11.2. The van der Waals surface area contributed by atoms with Gasteiger partial charge in [0.15, 0.2) is 0 Å². The van der Waals surface area contributed by atoms with E-state index < -0.39 is 24.9 Å². The van der Waals surface area contributed by atoms with E-state index in [0.29, 0.717) is 0 Å². The molecule has 0 bridgehead atoms. The van der Waals surface area contributed by atoms with E-state index in [-0.39, 0.29) is 0 Å². The summed E-state index contributed by atoms with van der Waals surface area (Å²) < 4.78 is 14.4. The van der Waals surface area contributed by atoms with Crippen LogP contribution in [-0.4, -0.2) is 34.2 Å². The number of aliphatic hydroxyl groups is 4. The maximum atomic E-state index is 7.19. The molecule has 0 saturated carbocycles. The van der Waals surface area contributed by atoms with Crippen molar-refractivity contribution in [2.75, 3.05) is 0 Å². The van der Waals surface area contributed by atoms with Crippen molar-refractivity contribution in [3.63, 3.8) is 0 Å². The molecule has 0 unspecified atom stereocenters. The van der Waals surface area contributed by atoms with Crippen LogP contribution < -0.4 is 0 Å². The molecule has 0 rings (SSSR count). The molecule has 8 heavy (non-hydrogen) atoms. The number of hydrogen-bond donors (Lipinski definition) is 6. The van der Waals surface area contributed by atoms with Crippen LogP contribution in [0.3, 0.4) is 0 Å². The second kappa shape index (κ2) is 5.56. The molecule has 0 aromatic rings. The Morgan fingerprint density at radius 1 is 0.875 bits per heavy atom. The molecule has 0 aromatic carbocycles. The summed E-state index contributed by atoms with van der Waals surface area (Å²) in [6.45, 7) is 0. The SMILES string of the molecule is OC(O)(O)O.[OH][Pd][OH]. The summed E-state index contributed by atoms with van der Waals surface area (Å²) in [5, 5.41) is 28.8. The Balaban J connectivity index is 0. The molecule has 0 aromatic heterocycles. The van der Waals surface area contributed by atoms with E-state index in [1.165, 1.54) is 0 Å². The molecule has 0 aliphatic rings. The van der Waals surface area contributed by atoms with E-state index in [9.17, 15) is 0 Å². The third-order valence-electron chi connectivity index (χ3n) is 0. The summed E-state index contributed by atoms with van der Waals surface area (Å²) in [6.07, 6.45) is -3.50. The summed E-state index contributed by atoms with van der Waals surface area (Å²) >= 11 is -1.05. The van der Waals surface area contributed by atoms with Gasteiger partial charge in [-0.15, -0.1) is 0 Å². The first-order chi connectivity index (χ1) is 3.41. The maximum absolute atomic E-state index is 7.19. The molecule has 0 atom stereocenters. The Labute approximate surface area is 53.7 Å². The van der Waals surface area contributed by atoms with Gasteiger partial charge in [0.05, 0.1) is 0 Å². The van der Waals surface area contributed by atoms with Crippen molar-refractivity contribution in [1.29, 1.82) is 0 Å². The van der Waals surface area contributed by atoms with Crippen molar-refractivity contribution in [2.45, 2.75) is 6.16 Å². The Morgan fingerprint density at radius 2 is 0.875 bits per heavy atom. The van der Waals surface area contributed by atoms with E-state index in [1.807, 2.05) is 0 Å². The van der Waals surface area contributed by atoms with Crippen molar-refractivity contribution in [3.05, 3.63) is 0 Å². The van der Waals surface area contributed by atoms with Crippen LogP contribution in [0.1, 0.15) is 0 Å². The molecule has 0 spiro atoms. The van der Waals surface area contributed by atoms with Gasteiger partial charge in [-0.05, 0) is 0 Å². The normalized spacial score (nSPS) is 10.2. The summed E-state index contributed by atoms with van der Waals surface area (Å²) in [6, 6.07) is 0. The van der Waals surface area contributed by atoms with Gasteiger partial charge in [-0.3, -0.25) is 0 Å². The third-order valence-corrected chi connectivity index (χ3v) is 0. The first-order valence-corrected chi connectivity index (χ1v) is 2.57. The molecule has 0 aliphatic carbocycles. The second-order valence-electron chi connectivity index (χ2n) is 0.663. The molecular formula is CH6O6Pd. The monoisotopic (exact) mass is 220 g/mol. The second-order valence-corrected chi connectivity index (χ2v) is 0.974. The Kier molecular flexibility index (Phi) is 7.81. The van der Waals surface area contributed by atoms with Gasteiger partial charge < -0.3 is 20.4 Å². The average Bonchev–Trinajstić information content (AvgIpc) is 1.27. The van der Waals surface area contributed by atoms with Crippen LogP contribution in [-0.2, 0) is 18.7 Å². The summed E-state index contributed by atoms with van der Waals surface area (Å²) in [5.41, 5.74) is 0. The topological polar surface area (TPSA) is 121 Å². The molecule has 0 radical (unpaired) electrons. The van der Waals surface area contributed by atoms with Crippen LogP contribution in [0.5, 0.6) is 0 Å². The van der Waals surface area contributed by atoms with Crippen LogP contribution in [0, 0.1) is 0 Å². The molecule has 0 amide bonds. The van der Waals surface area contributed by atoms with Crippen LogP contribution in [0.2, 0.25) is 0 Å². The molecule has 0 saturated heterocycles. The third kappa shape index (κ3) is 1060. The molecule has 0 fully saturated rings. The Hall–Kier alpha value is 0.422. The Bertz CT molecular complexity index is 32.3. The zero-order chi connectivity index (χ0) is 7.21. The number of rotatable bonds is 0. The van der Waals surface area contributed by atoms with Gasteiger partial charge in [0.25, 0.3) is 0 Å². The van der Waals surface area contributed by atoms with Gasteiger partial charge in [-0.1, -0.05) is 0 Å². The van der Waals surface area contributed by atoms with E-state index in [2.05, 4.69) is 0 Å². The molecule has 0 aliphatic heterocycles. The molecule has 6 nitrogen and oxygen atoms in total. The number of hydrogen-bond acceptors (Lipinski definition) is 6. The van der Waals surface area contributed by atoms with Crippen LogP contribution in [0.25, 0.3) is 0 Å². The quantitative estimate of drug-likeness (QED) is 0.186. The fourth-order valence-electron chi connectivity index (χ4n) is 0. The van der Waals surface area contributed by atoms with Gasteiger partial charge in [0, 0.05) is 0 Å². The van der Waals surface area contributed by atoms with Crippen LogP contribution in [0.15, 0.2) is 0 Å². The average molecular weight is 220 g/mol. The van der Waals surface area contributed by atoms with E-state index >= 15 is 0 Å². The van der Waals surface area contributed by atoms with Gasteiger partial charge in [0.1, 0.15) is 0 Å². The van der Waals surface area contributed by atoms with E-state index in [4.69, 9.17) is 28.1 Å². The molecule has 6 N–H and O–H groups in total. The summed E-state index contributed by atoms with van der Waals surface area (Å²) in [4.78, 5) is 0. The predicted molar refractivity (Wildman–Crippen MR) is 16.0 cm³/mol. The Morgan fingerprint density at radius 3 is 0.875 bits per heavy atom. The zero-order valence-electron chi connectivity index (χ0n) is 3.50. The van der Waals surface area contributed by atoms with Gasteiger partial charge >= 0.3 is 32.5 Å². The van der Waals surface area contributed by atoms with E-state index in [0.717, 1.165) is 0 Å². The minimum atomic E-state index is -3.50. The fourth-order valence-corrected chi connectivity index (χ4v) is 0. The molecule has 7 heteroatoms. The van der Waals surface area contributed by atoms with Crippen molar-refractivity contribution < 1.29 is 46.8 Å². The van der Waals surface area contributed by atoms with Crippen LogP contribution >= 0.6 is 0 Å². The predicted octanol–water partition coefficient (Wildman–Crippen LogP) is -3.55. The molecule has 0 heterocycles. The summed E-state index contributed by atoms with van der Waals surface area (Å²) in [5.74, 6) is 0. The van der Waals surface area contributed by atoms with E-state index in [1.54, 1.807) is 0 Å². The minimum absolute atomic E-state index is 1.05. The fraction of sp³-hybridized carbons (Fsp3) is 1.00. The first-order valence-electron chi connectivity index (χ1n) is 1.18. The van der Waals surface area contributed by atoms with Crippen molar-refractivity contribution in [3.8, 4) is 0 Å². The van der Waals surface area contributed by atoms with Gasteiger partial charge in [0.2, 0.25) is 0 Å². The van der Waals surface area contributed by atoms with Crippen molar-refractivity contribution in [2.24, 2.45) is 0 Å². The summed E-state index contributed by atoms with van der Waals surface area (Å²) in [7, 11) is 0. The molecular weight excluding hydrogens is 214 g/mol. The molecule has 56 valence electrons.